The van der Waals surface area contributed by atoms with E-state index < -0.39 is 19.4 Å². The molecule has 0 saturated heterocycles. The Morgan fingerprint density at radius 3 is 2.09 bits per heavy atom. The second kappa shape index (κ2) is 11.0. The molecule has 0 aromatic rings. The monoisotopic (exact) mass is 347 g/mol. The molecule has 0 radical (unpaired) electrons. The van der Waals surface area contributed by atoms with Gasteiger partial charge >= 0.3 is 14.1 Å². The third-order valence-electron chi connectivity index (χ3n) is 4.90. The fourth-order valence-electron chi connectivity index (χ4n) is 2.50. The van der Waals surface area contributed by atoms with Crippen LogP contribution in [0.4, 0.5) is 4.79 Å². The van der Waals surface area contributed by atoms with Gasteiger partial charge in [-0.2, -0.15) is 4.52 Å². The quantitative estimate of drug-likeness (QED) is 0.488. The number of carbonyl (C=O) groups is 1. The lowest BCUT2D eigenvalue weighted by molar-refractivity contribution is 0.135. The Morgan fingerprint density at radius 1 is 1.13 bits per heavy atom. The molecule has 1 amide bonds. The zero-order valence-corrected chi connectivity index (χ0v) is 17.0. The lowest BCUT2D eigenvalue weighted by Gasteiger charge is -2.31. The highest BCUT2D eigenvalue weighted by Gasteiger charge is 2.52. The van der Waals surface area contributed by atoms with Crippen LogP contribution in [-0.4, -0.2) is 47.4 Å². The van der Waals surface area contributed by atoms with Crippen molar-refractivity contribution in [1.82, 2.24) is 9.80 Å². The Bertz CT molecular complexity index is 375. The Hall–Kier alpha value is -0.670. The summed E-state index contributed by atoms with van der Waals surface area (Å²) in [6.07, 6.45) is 2.41. The molecule has 0 aliphatic rings. The molecule has 0 fully saturated rings. The first-order valence-electron chi connectivity index (χ1n) is 8.99. The number of rotatable bonds is 11. The van der Waals surface area contributed by atoms with Crippen molar-refractivity contribution in [2.24, 2.45) is 5.92 Å². The molecule has 0 N–H and O–H groups in total. The van der Waals surface area contributed by atoms with Gasteiger partial charge in [-0.05, 0) is 37.3 Å². The van der Waals surface area contributed by atoms with Crippen LogP contribution in [0.2, 0.25) is 0 Å². The third kappa shape index (κ3) is 6.39. The lowest BCUT2D eigenvalue weighted by Crippen LogP contribution is -2.45. The van der Waals surface area contributed by atoms with E-state index in [0.717, 1.165) is 25.9 Å². The Balaban J connectivity index is 5.01. The van der Waals surface area contributed by atoms with Gasteiger partial charge < -0.3 is 4.90 Å². The highest BCUT2D eigenvalue weighted by molar-refractivity contribution is 7.41. The molecule has 0 rings (SSSR count). The van der Waals surface area contributed by atoms with Crippen molar-refractivity contribution in [3.63, 3.8) is 0 Å². The molecule has 23 heavy (non-hydrogen) atoms. The van der Waals surface area contributed by atoms with Crippen LogP contribution in [0.3, 0.4) is 0 Å². The molecule has 0 saturated carbocycles. The van der Waals surface area contributed by atoms with Crippen LogP contribution < -0.4 is 0 Å². The van der Waals surface area contributed by atoms with E-state index in [1.807, 2.05) is 27.7 Å². The number of carbonyl (C=O) groups excluding carboxylic acids is 1. The second-order valence-electron chi connectivity index (χ2n) is 6.24. The fraction of sp³-hybridized carbons (Fsp3) is 0.941. The molecular formula is C17H36N2O3P+. The van der Waals surface area contributed by atoms with E-state index in [-0.39, 0.29) is 0 Å². The van der Waals surface area contributed by atoms with Crippen molar-refractivity contribution in [2.45, 2.75) is 73.0 Å². The van der Waals surface area contributed by atoms with Gasteiger partial charge in [-0.25, -0.2) is 4.79 Å². The zero-order valence-electron chi connectivity index (χ0n) is 16.1. The minimum atomic E-state index is -2.10. The highest BCUT2D eigenvalue weighted by Crippen LogP contribution is 2.45. The van der Waals surface area contributed by atoms with E-state index in [4.69, 9.17) is 4.52 Å². The maximum atomic E-state index is 12.8. The summed E-state index contributed by atoms with van der Waals surface area (Å²) in [7, 11) is -2.10. The molecule has 0 aromatic heterocycles. The van der Waals surface area contributed by atoms with E-state index in [2.05, 4.69) is 25.7 Å². The van der Waals surface area contributed by atoms with Gasteiger partial charge in [-0.1, -0.05) is 34.1 Å². The van der Waals surface area contributed by atoms with E-state index in [1.54, 1.807) is 4.90 Å². The SMILES string of the molecule is CCC(C)CCN(CC)C(C)(CC)[P+](=O)OC(=O)N(CC)CC. The lowest BCUT2D eigenvalue weighted by atomic mass is 10.0. The number of amides is 1. The Morgan fingerprint density at radius 2 is 1.70 bits per heavy atom. The van der Waals surface area contributed by atoms with Crippen LogP contribution in [0, 0.1) is 5.92 Å². The van der Waals surface area contributed by atoms with Crippen LogP contribution in [0.15, 0.2) is 0 Å². The molecular weight excluding hydrogens is 311 g/mol. The van der Waals surface area contributed by atoms with Crippen molar-refractivity contribution >= 4 is 14.1 Å². The predicted molar refractivity (Wildman–Crippen MR) is 97.0 cm³/mol. The Labute approximate surface area is 143 Å². The van der Waals surface area contributed by atoms with Gasteiger partial charge in [0.15, 0.2) is 0 Å². The van der Waals surface area contributed by atoms with Crippen molar-refractivity contribution in [2.75, 3.05) is 26.2 Å². The highest BCUT2D eigenvalue weighted by atomic mass is 31.1. The number of hydrogen-bond donors (Lipinski definition) is 0. The summed E-state index contributed by atoms with van der Waals surface area (Å²) in [5.41, 5.74) is 0. The third-order valence-corrected chi connectivity index (χ3v) is 6.61. The van der Waals surface area contributed by atoms with Crippen molar-refractivity contribution in [3.8, 4) is 0 Å². The van der Waals surface area contributed by atoms with Crippen molar-refractivity contribution in [3.05, 3.63) is 0 Å². The molecule has 0 spiro atoms. The van der Waals surface area contributed by atoms with E-state index in [0.29, 0.717) is 25.4 Å². The fourth-order valence-corrected chi connectivity index (χ4v) is 3.68. The van der Waals surface area contributed by atoms with Crippen LogP contribution in [0.1, 0.15) is 67.7 Å². The molecule has 0 aliphatic carbocycles. The van der Waals surface area contributed by atoms with Gasteiger partial charge in [0.05, 0.1) is 0 Å². The zero-order chi connectivity index (χ0) is 18.0. The summed E-state index contributed by atoms with van der Waals surface area (Å²) >= 11 is 0. The minimum Gasteiger partial charge on any atom is -0.305 e. The summed E-state index contributed by atoms with van der Waals surface area (Å²) in [5, 5.41) is -0.611. The molecule has 3 atom stereocenters. The molecule has 0 aromatic carbocycles. The molecule has 3 unspecified atom stereocenters. The first-order valence-corrected chi connectivity index (χ1v) is 10.2. The topological polar surface area (TPSA) is 49.9 Å². The second-order valence-corrected chi connectivity index (χ2v) is 7.90. The van der Waals surface area contributed by atoms with Gasteiger partial charge in [-0.3, -0.25) is 4.90 Å². The summed E-state index contributed by atoms with van der Waals surface area (Å²) in [6.45, 7) is 17.0. The molecule has 5 nitrogen and oxygen atoms in total. The van der Waals surface area contributed by atoms with Gasteiger partial charge in [0.2, 0.25) is 0 Å². The van der Waals surface area contributed by atoms with Crippen LogP contribution in [0.25, 0.3) is 0 Å². The van der Waals surface area contributed by atoms with Gasteiger partial charge in [-0.15, -0.1) is 0 Å². The minimum absolute atomic E-state index is 0.478. The van der Waals surface area contributed by atoms with Crippen molar-refractivity contribution in [1.29, 1.82) is 0 Å². The van der Waals surface area contributed by atoms with Crippen LogP contribution in [-0.2, 0) is 9.09 Å². The van der Waals surface area contributed by atoms with Crippen LogP contribution >= 0.6 is 8.03 Å². The smallest absolute Gasteiger partial charge is 0.305 e. The Kier molecular flexibility index (Phi) is 10.7. The summed E-state index contributed by atoms with van der Waals surface area (Å²) in [5.74, 6) is 0.640. The predicted octanol–water partition coefficient (Wildman–Crippen LogP) is 5.09. The average molecular weight is 347 g/mol. The first kappa shape index (κ1) is 22.3. The number of hydrogen-bond acceptors (Lipinski definition) is 4. The van der Waals surface area contributed by atoms with Gasteiger partial charge in [0.25, 0.3) is 5.28 Å². The summed E-state index contributed by atoms with van der Waals surface area (Å²) in [4.78, 5) is 15.9. The van der Waals surface area contributed by atoms with Crippen LogP contribution in [0.5, 0.6) is 0 Å². The van der Waals surface area contributed by atoms with Gasteiger partial charge in [0.1, 0.15) is 0 Å². The molecule has 0 bridgehead atoms. The van der Waals surface area contributed by atoms with Crippen molar-refractivity contribution < 1.29 is 13.9 Å². The van der Waals surface area contributed by atoms with E-state index in [1.165, 1.54) is 0 Å². The molecule has 0 heterocycles. The maximum absolute atomic E-state index is 12.8. The summed E-state index contributed by atoms with van der Waals surface area (Å²) < 4.78 is 18.1. The molecule has 6 heteroatoms. The average Bonchev–Trinajstić information content (AvgIpc) is 2.55. The summed E-state index contributed by atoms with van der Waals surface area (Å²) in [6, 6.07) is 0. The normalized spacial score (nSPS) is 15.9. The van der Waals surface area contributed by atoms with E-state index >= 15 is 0 Å². The largest absolute Gasteiger partial charge is 0.583 e. The van der Waals surface area contributed by atoms with Gasteiger partial charge in [0, 0.05) is 33.0 Å². The van der Waals surface area contributed by atoms with E-state index in [9.17, 15) is 9.36 Å². The standard InChI is InChI=1S/C17H36N2O3P/c1-8-15(6)13-14-19(12-5)17(7,9-2)23(21)22-16(20)18(10-3)11-4/h15H,8-14H2,1-7H3/q+1. The maximum Gasteiger partial charge on any atom is 0.583 e. The molecule has 0 aliphatic heterocycles. The first-order chi connectivity index (χ1) is 10.8. The molecule has 136 valence electrons. The number of nitrogens with zero attached hydrogens (tertiary/aromatic N) is 2.